The van der Waals surface area contributed by atoms with Gasteiger partial charge in [0.1, 0.15) is 0 Å². The minimum atomic E-state index is -5.07. The van der Waals surface area contributed by atoms with E-state index < -0.39 is 25.3 Å². The third kappa shape index (κ3) is 2.21. The van der Waals surface area contributed by atoms with Crippen LogP contribution in [0.2, 0.25) is 0 Å². The van der Waals surface area contributed by atoms with E-state index in [0.29, 0.717) is 0 Å². The van der Waals surface area contributed by atoms with E-state index in [-0.39, 0.29) is 0 Å². The van der Waals surface area contributed by atoms with Crippen LogP contribution in [0.1, 0.15) is 0 Å². The van der Waals surface area contributed by atoms with Crippen molar-refractivity contribution in [1.82, 2.24) is 0 Å². The van der Waals surface area contributed by atoms with Gasteiger partial charge in [0, 0.05) is 0 Å². The van der Waals surface area contributed by atoms with E-state index in [2.05, 4.69) is 5.73 Å². The predicted molar refractivity (Wildman–Crippen MR) is 31.4 cm³/mol. The number of rotatable bonds is 3. The Morgan fingerprint density at radius 3 is 2.00 bits per heavy atom. The maximum Gasteiger partial charge on any atom is 0.330 e. The maximum absolute atomic E-state index is 11.6. The molecule has 0 bridgehead atoms. The highest BCUT2D eigenvalue weighted by molar-refractivity contribution is 7.60. The summed E-state index contributed by atoms with van der Waals surface area (Å²) in [6.07, 6.45) is -3.62. The second-order valence-corrected chi connectivity index (χ2v) is 4.02. The van der Waals surface area contributed by atoms with Crippen molar-refractivity contribution in [3.63, 3.8) is 0 Å². The third-order valence-electron chi connectivity index (χ3n) is 0.931. The molecule has 0 aliphatic heterocycles. The molecule has 0 aromatic rings. The lowest BCUT2D eigenvalue weighted by atomic mass is 10.7. The molecule has 5 nitrogen and oxygen atoms in total. The molecule has 4 N–H and O–H groups in total. The number of aliphatic carboxylic acids is 1. The first-order valence-electron chi connectivity index (χ1n) is 2.39. The molecule has 0 aromatic heterocycles. The molecule has 11 heavy (non-hydrogen) atoms. The Labute approximate surface area is 60.3 Å². The molecule has 8 heteroatoms. The molecule has 0 aromatic carbocycles. The van der Waals surface area contributed by atoms with Crippen molar-refractivity contribution in [3.05, 3.63) is 0 Å². The van der Waals surface area contributed by atoms with Gasteiger partial charge in [-0.05, 0) is 0 Å². The highest BCUT2D eigenvalue weighted by atomic mass is 31.2. The van der Waals surface area contributed by atoms with Crippen LogP contribution >= 0.6 is 7.37 Å². The smallest absolute Gasteiger partial charge is 0.330 e. The molecule has 0 fully saturated rings. The number of hydrogen-bond acceptors (Lipinski definition) is 3. The van der Waals surface area contributed by atoms with Crippen LogP contribution in [0, 0.1) is 0 Å². The summed E-state index contributed by atoms with van der Waals surface area (Å²) in [4.78, 5) is 18.2. The van der Waals surface area contributed by atoms with Crippen LogP contribution in [-0.2, 0) is 9.36 Å². The summed E-state index contributed by atoms with van der Waals surface area (Å²) >= 11 is 0. The first-order valence-corrected chi connectivity index (χ1v) is 4.18. The molecule has 0 spiro atoms. The Kier molecular flexibility index (Phi) is 3.10. The summed E-state index contributed by atoms with van der Waals surface area (Å²) in [5, 5.41) is 7.98. The van der Waals surface area contributed by atoms with Gasteiger partial charge in [-0.2, -0.15) is 8.78 Å². The Morgan fingerprint density at radius 2 is 1.91 bits per heavy atom. The van der Waals surface area contributed by atoms with Crippen LogP contribution in [0.3, 0.4) is 0 Å². The standard InChI is InChI=1S/C3H6F2NO4P/c4-3(5)11(9,10)1(6)2(7)8/h1,3H,6H2,(H,7,8)(H,9,10). The van der Waals surface area contributed by atoms with E-state index in [1.807, 2.05) is 0 Å². The third-order valence-corrected chi connectivity index (χ3v) is 2.51. The van der Waals surface area contributed by atoms with Gasteiger partial charge in [0.25, 0.3) is 7.37 Å². The lowest BCUT2D eigenvalue weighted by Gasteiger charge is -2.13. The van der Waals surface area contributed by atoms with E-state index in [1.54, 1.807) is 0 Å². The van der Waals surface area contributed by atoms with Crippen LogP contribution in [-0.4, -0.2) is 27.9 Å². The van der Waals surface area contributed by atoms with Crippen LogP contribution in [0.15, 0.2) is 0 Å². The summed E-state index contributed by atoms with van der Waals surface area (Å²) in [5.41, 5.74) is 4.50. The molecule has 2 atom stereocenters. The Bertz CT molecular complexity index is 208. The topological polar surface area (TPSA) is 101 Å². The summed E-state index contributed by atoms with van der Waals surface area (Å²) in [7, 11) is -5.07. The maximum atomic E-state index is 11.6. The summed E-state index contributed by atoms with van der Waals surface area (Å²) < 4.78 is 33.5. The van der Waals surface area contributed by atoms with Crippen LogP contribution in [0.5, 0.6) is 0 Å². The van der Waals surface area contributed by atoms with Crippen molar-refractivity contribution in [1.29, 1.82) is 0 Å². The first-order chi connectivity index (χ1) is 4.80. The number of carbonyl (C=O) groups is 1. The van der Waals surface area contributed by atoms with E-state index in [9.17, 15) is 18.1 Å². The van der Waals surface area contributed by atoms with Crippen molar-refractivity contribution in [2.24, 2.45) is 5.73 Å². The fourth-order valence-corrected chi connectivity index (χ4v) is 0.839. The Morgan fingerprint density at radius 1 is 1.55 bits per heavy atom. The SMILES string of the molecule is NC(C(=O)O)P(=O)(O)C(F)F. The zero-order valence-corrected chi connectivity index (χ0v) is 6.04. The molecule has 0 saturated carbocycles. The van der Waals surface area contributed by atoms with Gasteiger partial charge in [0.2, 0.25) is 0 Å². The van der Waals surface area contributed by atoms with Gasteiger partial charge in [0.05, 0.1) is 0 Å². The quantitative estimate of drug-likeness (QED) is 0.536. The van der Waals surface area contributed by atoms with Crippen molar-refractivity contribution in [3.8, 4) is 0 Å². The second kappa shape index (κ2) is 3.25. The fraction of sp³-hybridized carbons (Fsp3) is 0.667. The molecular weight excluding hydrogens is 183 g/mol. The van der Waals surface area contributed by atoms with Gasteiger partial charge in [-0.25, -0.2) is 4.79 Å². The van der Waals surface area contributed by atoms with Gasteiger partial charge < -0.3 is 15.7 Å². The first kappa shape index (κ1) is 10.5. The van der Waals surface area contributed by atoms with E-state index in [0.717, 1.165) is 0 Å². The van der Waals surface area contributed by atoms with Crippen molar-refractivity contribution < 1.29 is 28.1 Å². The lowest BCUT2D eigenvalue weighted by molar-refractivity contribution is -0.136. The molecule has 0 amide bonds. The zero-order valence-electron chi connectivity index (χ0n) is 5.15. The predicted octanol–water partition coefficient (Wildman–Crippen LogP) is -0.151. The molecule has 0 saturated heterocycles. The number of carboxylic acid groups (broad SMARTS) is 1. The Balaban J connectivity index is 4.56. The zero-order chi connectivity index (χ0) is 9.23. The van der Waals surface area contributed by atoms with Gasteiger partial charge >= 0.3 is 12.1 Å². The average molecular weight is 189 g/mol. The molecule has 2 unspecified atom stereocenters. The number of hydrogen-bond donors (Lipinski definition) is 3. The van der Waals surface area contributed by atoms with Gasteiger partial charge in [-0.1, -0.05) is 0 Å². The van der Waals surface area contributed by atoms with Crippen molar-refractivity contribution in [2.75, 3.05) is 0 Å². The summed E-state index contributed by atoms with van der Waals surface area (Å²) in [6, 6.07) is 0. The second-order valence-electron chi connectivity index (χ2n) is 1.73. The van der Waals surface area contributed by atoms with Crippen LogP contribution in [0.4, 0.5) is 8.78 Å². The number of nitrogens with two attached hydrogens (primary N) is 1. The molecule has 0 aliphatic carbocycles. The van der Waals surface area contributed by atoms with E-state index in [1.165, 1.54) is 0 Å². The molecule has 0 rings (SSSR count). The minimum Gasteiger partial charge on any atom is -0.480 e. The average Bonchev–Trinajstić information content (AvgIpc) is 1.85. The molecule has 0 aliphatic rings. The van der Waals surface area contributed by atoms with Gasteiger partial charge in [-0.3, -0.25) is 4.57 Å². The molecular formula is C3H6F2NO4P. The fourth-order valence-electron chi connectivity index (χ4n) is 0.280. The van der Waals surface area contributed by atoms with Crippen LogP contribution < -0.4 is 5.73 Å². The normalized spacial score (nSPS) is 19.4. The lowest BCUT2D eigenvalue weighted by Crippen LogP contribution is -2.31. The number of carboxylic acids is 1. The summed E-state index contributed by atoms with van der Waals surface area (Å²) in [6.45, 7) is 0. The molecule has 66 valence electrons. The largest absolute Gasteiger partial charge is 0.480 e. The molecule has 0 radical (unpaired) electrons. The van der Waals surface area contributed by atoms with Gasteiger partial charge in [-0.15, -0.1) is 0 Å². The van der Waals surface area contributed by atoms with Gasteiger partial charge in [0.15, 0.2) is 5.78 Å². The van der Waals surface area contributed by atoms with E-state index >= 15 is 0 Å². The highest BCUT2D eigenvalue weighted by Gasteiger charge is 2.42. The minimum absolute atomic E-state index is 1.92. The van der Waals surface area contributed by atoms with E-state index in [4.69, 9.17) is 10.00 Å². The highest BCUT2D eigenvalue weighted by Crippen LogP contribution is 2.50. The summed E-state index contributed by atoms with van der Waals surface area (Å²) in [5.74, 6) is -4.33. The number of alkyl halides is 2. The monoisotopic (exact) mass is 189 g/mol. The Hall–Kier alpha value is -0.520. The number of halogens is 2. The molecule has 0 heterocycles. The van der Waals surface area contributed by atoms with Crippen molar-refractivity contribution >= 4 is 13.3 Å². The van der Waals surface area contributed by atoms with Crippen molar-refractivity contribution in [2.45, 2.75) is 11.9 Å². The van der Waals surface area contributed by atoms with Crippen LogP contribution in [0.25, 0.3) is 0 Å².